The van der Waals surface area contributed by atoms with E-state index in [-0.39, 0.29) is 11.7 Å². The van der Waals surface area contributed by atoms with Crippen LogP contribution < -0.4 is 5.32 Å². The smallest absolute Gasteiger partial charge is 0.268 e. The number of carbonyl (C=O) groups is 1. The van der Waals surface area contributed by atoms with Crippen LogP contribution in [0.4, 0.5) is 10.1 Å². The van der Waals surface area contributed by atoms with Crippen molar-refractivity contribution in [1.29, 1.82) is 0 Å². The molecule has 1 atom stereocenters. The Kier molecular flexibility index (Phi) is 3.64. The van der Waals surface area contributed by atoms with Gasteiger partial charge in [0, 0.05) is 12.1 Å². The van der Waals surface area contributed by atoms with Crippen LogP contribution in [0.5, 0.6) is 0 Å². The van der Waals surface area contributed by atoms with E-state index in [4.69, 9.17) is 4.84 Å². The van der Waals surface area contributed by atoms with Gasteiger partial charge in [-0.05, 0) is 29.8 Å². The Morgan fingerprint density at radius 1 is 1.14 bits per heavy atom. The molecule has 2 aromatic carbocycles. The van der Waals surface area contributed by atoms with Crippen molar-refractivity contribution < 1.29 is 14.0 Å². The Hall–Kier alpha value is -2.69. The molecule has 4 nitrogen and oxygen atoms in total. The number of amides is 1. The van der Waals surface area contributed by atoms with E-state index in [1.165, 1.54) is 24.3 Å². The van der Waals surface area contributed by atoms with Crippen LogP contribution in [0.15, 0.2) is 59.8 Å². The molecule has 3 rings (SSSR count). The summed E-state index contributed by atoms with van der Waals surface area (Å²) in [7, 11) is 0. The largest absolute Gasteiger partial charge is 0.382 e. The fourth-order valence-corrected chi connectivity index (χ4v) is 2.08. The molecular weight excluding hydrogens is 271 g/mol. The van der Waals surface area contributed by atoms with Gasteiger partial charge in [0.25, 0.3) is 5.91 Å². The van der Waals surface area contributed by atoms with Crippen molar-refractivity contribution >= 4 is 17.3 Å². The first-order valence-electron chi connectivity index (χ1n) is 6.57. The first-order valence-corrected chi connectivity index (χ1v) is 6.57. The average Bonchev–Trinajstić information content (AvgIpc) is 3.00. The molecule has 0 spiro atoms. The third-order valence-electron chi connectivity index (χ3n) is 3.18. The van der Waals surface area contributed by atoms with E-state index >= 15 is 0 Å². The van der Waals surface area contributed by atoms with Crippen LogP contribution in [-0.4, -0.2) is 17.7 Å². The third-order valence-corrected chi connectivity index (χ3v) is 3.18. The molecule has 0 saturated carbocycles. The quantitative estimate of drug-likeness (QED) is 0.942. The lowest BCUT2D eigenvalue weighted by Gasteiger charge is -2.09. The minimum Gasteiger partial charge on any atom is -0.382 e. The van der Waals surface area contributed by atoms with Gasteiger partial charge < -0.3 is 10.2 Å². The van der Waals surface area contributed by atoms with Gasteiger partial charge in [-0.3, -0.25) is 4.79 Å². The summed E-state index contributed by atoms with van der Waals surface area (Å²) in [4.78, 5) is 17.3. The van der Waals surface area contributed by atoms with Crippen LogP contribution in [-0.2, 0) is 9.63 Å². The van der Waals surface area contributed by atoms with Crippen LogP contribution in [0.3, 0.4) is 0 Å². The van der Waals surface area contributed by atoms with Gasteiger partial charge >= 0.3 is 0 Å². The highest BCUT2D eigenvalue weighted by Crippen LogP contribution is 2.18. The van der Waals surface area contributed by atoms with Gasteiger partial charge in [-0.15, -0.1) is 0 Å². The predicted molar refractivity (Wildman–Crippen MR) is 77.5 cm³/mol. The Bertz CT molecular complexity index is 668. The van der Waals surface area contributed by atoms with E-state index in [1.54, 1.807) is 0 Å². The van der Waals surface area contributed by atoms with Crippen LogP contribution >= 0.6 is 0 Å². The van der Waals surface area contributed by atoms with Gasteiger partial charge in [0.15, 0.2) is 0 Å². The molecule has 1 amide bonds. The number of benzene rings is 2. The number of nitrogens with zero attached hydrogens (tertiary/aromatic N) is 1. The number of hydrogen-bond acceptors (Lipinski definition) is 3. The summed E-state index contributed by atoms with van der Waals surface area (Å²) in [5, 5.41) is 6.64. The summed E-state index contributed by atoms with van der Waals surface area (Å²) in [5.74, 6) is -0.642. The number of nitrogens with one attached hydrogen (secondary N) is 1. The van der Waals surface area contributed by atoms with Gasteiger partial charge in [-0.2, -0.15) is 0 Å². The zero-order chi connectivity index (χ0) is 14.7. The maximum Gasteiger partial charge on any atom is 0.268 e. The van der Waals surface area contributed by atoms with Crippen LogP contribution in [0, 0.1) is 5.82 Å². The van der Waals surface area contributed by atoms with Crippen LogP contribution in [0.1, 0.15) is 12.0 Å². The molecule has 0 aromatic heterocycles. The summed E-state index contributed by atoms with van der Waals surface area (Å²) in [6, 6.07) is 15.1. The molecule has 106 valence electrons. The molecule has 0 radical (unpaired) electrons. The van der Waals surface area contributed by atoms with Crippen molar-refractivity contribution in [2.45, 2.75) is 12.5 Å². The Balaban J connectivity index is 1.62. The number of rotatable bonds is 3. The first-order chi connectivity index (χ1) is 10.2. The van der Waals surface area contributed by atoms with Crippen molar-refractivity contribution in [2.24, 2.45) is 5.16 Å². The second-order valence-corrected chi connectivity index (χ2v) is 4.70. The predicted octanol–water partition coefficient (Wildman–Crippen LogP) is 2.96. The Morgan fingerprint density at radius 3 is 2.57 bits per heavy atom. The van der Waals surface area contributed by atoms with Gasteiger partial charge in [0.05, 0.1) is 5.71 Å². The highest BCUT2D eigenvalue weighted by atomic mass is 19.1. The molecule has 2 aromatic rings. The van der Waals surface area contributed by atoms with E-state index in [0.29, 0.717) is 12.1 Å². The van der Waals surface area contributed by atoms with Crippen molar-refractivity contribution in [3.05, 3.63) is 66.0 Å². The molecule has 0 aliphatic carbocycles. The lowest BCUT2D eigenvalue weighted by molar-refractivity contribution is -0.125. The fraction of sp³-hybridized carbons (Fsp3) is 0.125. The van der Waals surface area contributed by atoms with E-state index < -0.39 is 6.10 Å². The van der Waals surface area contributed by atoms with Gasteiger partial charge in [0.2, 0.25) is 6.10 Å². The maximum atomic E-state index is 12.8. The van der Waals surface area contributed by atoms with Crippen LogP contribution in [0.25, 0.3) is 0 Å². The maximum absolute atomic E-state index is 12.8. The van der Waals surface area contributed by atoms with Crippen molar-refractivity contribution in [3.8, 4) is 0 Å². The molecule has 0 saturated heterocycles. The highest BCUT2D eigenvalue weighted by molar-refractivity contribution is 6.06. The normalized spacial score (nSPS) is 17.0. The molecule has 1 N–H and O–H groups in total. The third kappa shape index (κ3) is 3.08. The fourth-order valence-electron chi connectivity index (χ4n) is 2.08. The summed E-state index contributed by atoms with van der Waals surface area (Å²) >= 11 is 0. The zero-order valence-corrected chi connectivity index (χ0v) is 11.1. The number of hydrogen-bond donors (Lipinski definition) is 1. The number of oxime groups is 1. The first kappa shape index (κ1) is 13.3. The standard InChI is InChI=1S/C16H13FN2O2/c17-12-6-8-13(9-7-12)18-16(20)15-10-14(19-21-15)11-4-2-1-3-5-11/h1-9,15H,10H2,(H,18,20)/t15-/m1/s1. The van der Waals surface area contributed by atoms with Gasteiger partial charge in [-0.1, -0.05) is 35.5 Å². The lowest BCUT2D eigenvalue weighted by atomic mass is 10.0. The zero-order valence-electron chi connectivity index (χ0n) is 11.1. The van der Waals surface area contributed by atoms with Gasteiger partial charge in [-0.25, -0.2) is 4.39 Å². The second-order valence-electron chi connectivity index (χ2n) is 4.70. The Morgan fingerprint density at radius 2 is 1.86 bits per heavy atom. The molecular formula is C16H13FN2O2. The van der Waals surface area contributed by atoms with E-state index in [2.05, 4.69) is 10.5 Å². The summed E-state index contributed by atoms with van der Waals surface area (Å²) < 4.78 is 12.8. The molecule has 5 heteroatoms. The summed E-state index contributed by atoms with van der Waals surface area (Å²) in [6.07, 6.45) is -0.248. The average molecular weight is 284 g/mol. The minimum atomic E-state index is -0.662. The molecule has 21 heavy (non-hydrogen) atoms. The number of halogens is 1. The number of carbonyl (C=O) groups excluding carboxylic acids is 1. The minimum absolute atomic E-state index is 0.295. The molecule has 0 fully saturated rings. The lowest BCUT2D eigenvalue weighted by Crippen LogP contribution is -2.28. The summed E-state index contributed by atoms with van der Waals surface area (Å²) in [5.41, 5.74) is 2.21. The van der Waals surface area contributed by atoms with Gasteiger partial charge in [0.1, 0.15) is 5.82 Å². The number of anilines is 1. The highest BCUT2D eigenvalue weighted by Gasteiger charge is 2.28. The SMILES string of the molecule is O=C(Nc1ccc(F)cc1)[C@H]1CC(c2ccccc2)=NO1. The van der Waals surface area contributed by atoms with Crippen molar-refractivity contribution in [2.75, 3.05) is 5.32 Å². The van der Waals surface area contributed by atoms with Crippen molar-refractivity contribution in [3.63, 3.8) is 0 Å². The summed E-state index contributed by atoms with van der Waals surface area (Å²) in [6.45, 7) is 0. The van der Waals surface area contributed by atoms with Crippen LogP contribution in [0.2, 0.25) is 0 Å². The molecule has 1 aliphatic heterocycles. The van der Waals surface area contributed by atoms with E-state index in [9.17, 15) is 9.18 Å². The molecule has 0 unspecified atom stereocenters. The second kappa shape index (κ2) is 5.75. The monoisotopic (exact) mass is 284 g/mol. The molecule has 1 aliphatic rings. The van der Waals surface area contributed by atoms with E-state index in [1.807, 2.05) is 30.3 Å². The Labute approximate surface area is 121 Å². The molecule has 1 heterocycles. The molecule has 0 bridgehead atoms. The van der Waals surface area contributed by atoms with E-state index in [0.717, 1.165) is 11.3 Å². The topological polar surface area (TPSA) is 50.7 Å². The van der Waals surface area contributed by atoms with Crippen molar-refractivity contribution in [1.82, 2.24) is 0 Å².